The highest BCUT2D eigenvalue weighted by Gasteiger charge is 2.10. The second-order valence-corrected chi connectivity index (χ2v) is 3.23. The lowest BCUT2D eigenvalue weighted by Gasteiger charge is -2.08. The van der Waals surface area contributed by atoms with Gasteiger partial charge in [-0.3, -0.25) is 0 Å². The van der Waals surface area contributed by atoms with E-state index in [1.807, 2.05) is 0 Å². The largest absolute Gasteiger partial charge is 0.494 e. The molecule has 0 aromatic heterocycles. The minimum absolute atomic E-state index is 0.0500. The molecule has 5 heteroatoms. The Morgan fingerprint density at radius 2 is 2.00 bits per heavy atom. The van der Waals surface area contributed by atoms with Gasteiger partial charge in [0.15, 0.2) is 11.6 Å². The number of ether oxygens (including phenoxy) is 2. The molecule has 1 rings (SSSR count). The second kappa shape index (κ2) is 6.40. The number of likely N-dealkylation sites (N-methyl/N-ethyl adjacent to an activating group) is 1. The fraction of sp³-hybridized carbons (Fsp3) is 0.455. The van der Waals surface area contributed by atoms with Gasteiger partial charge in [0.25, 0.3) is 0 Å². The van der Waals surface area contributed by atoms with Crippen molar-refractivity contribution in [3.05, 3.63) is 29.3 Å². The van der Waals surface area contributed by atoms with E-state index in [0.717, 1.165) is 12.1 Å². The van der Waals surface area contributed by atoms with Crippen molar-refractivity contribution in [3.8, 4) is 5.75 Å². The number of benzene rings is 1. The van der Waals surface area contributed by atoms with Crippen LogP contribution in [0.15, 0.2) is 12.1 Å². The normalized spacial score (nSPS) is 10.5. The van der Waals surface area contributed by atoms with E-state index < -0.39 is 11.6 Å². The van der Waals surface area contributed by atoms with Crippen LogP contribution >= 0.6 is 0 Å². The molecule has 90 valence electrons. The predicted octanol–water partition coefficient (Wildman–Crippen LogP) is 1.71. The summed E-state index contributed by atoms with van der Waals surface area (Å²) in [5.41, 5.74) is 0.189. The molecule has 0 aliphatic carbocycles. The van der Waals surface area contributed by atoms with Gasteiger partial charge in [-0.2, -0.15) is 0 Å². The van der Waals surface area contributed by atoms with Crippen LogP contribution in [0.25, 0.3) is 0 Å². The number of hydrogen-bond donors (Lipinski definition) is 1. The van der Waals surface area contributed by atoms with Gasteiger partial charge in [0.1, 0.15) is 5.82 Å². The topological polar surface area (TPSA) is 30.5 Å². The molecule has 0 saturated carbocycles. The smallest absolute Gasteiger partial charge is 0.165 e. The van der Waals surface area contributed by atoms with E-state index in [0.29, 0.717) is 13.2 Å². The Kier molecular flexibility index (Phi) is 5.14. The maximum atomic E-state index is 13.4. The van der Waals surface area contributed by atoms with Crippen molar-refractivity contribution in [1.29, 1.82) is 0 Å². The average Bonchev–Trinajstić information content (AvgIpc) is 2.28. The third-order valence-corrected chi connectivity index (χ3v) is 2.07. The average molecular weight is 231 g/mol. The van der Waals surface area contributed by atoms with Crippen LogP contribution in [0.1, 0.15) is 5.56 Å². The molecule has 0 heterocycles. The van der Waals surface area contributed by atoms with E-state index in [4.69, 9.17) is 4.74 Å². The zero-order valence-corrected chi connectivity index (χ0v) is 9.35. The summed E-state index contributed by atoms with van der Waals surface area (Å²) >= 11 is 0. The molecule has 1 N–H and O–H groups in total. The monoisotopic (exact) mass is 231 g/mol. The molecule has 0 amide bonds. The first-order valence-electron chi connectivity index (χ1n) is 4.93. The molecule has 0 unspecified atom stereocenters. The van der Waals surface area contributed by atoms with E-state index >= 15 is 0 Å². The molecule has 0 aliphatic rings. The van der Waals surface area contributed by atoms with Gasteiger partial charge in [-0.1, -0.05) is 0 Å². The van der Waals surface area contributed by atoms with Crippen LogP contribution in [0.4, 0.5) is 8.78 Å². The lowest BCUT2D eigenvalue weighted by molar-refractivity contribution is 0.121. The van der Waals surface area contributed by atoms with Gasteiger partial charge in [0, 0.05) is 18.2 Å². The Morgan fingerprint density at radius 3 is 2.62 bits per heavy atom. The zero-order valence-electron chi connectivity index (χ0n) is 9.35. The van der Waals surface area contributed by atoms with Crippen molar-refractivity contribution in [2.45, 2.75) is 6.61 Å². The Morgan fingerprint density at radius 1 is 1.25 bits per heavy atom. The van der Waals surface area contributed by atoms with Crippen molar-refractivity contribution >= 4 is 0 Å². The third-order valence-electron chi connectivity index (χ3n) is 2.07. The first kappa shape index (κ1) is 12.9. The summed E-state index contributed by atoms with van der Waals surface area (Å²) in [5.74, 6) is -1.21. The molecule has 1 aromatic carbocycles. The van der Waals surface area contributed by atoms with Crippen LogP contribution < -0.4 is 10.1 Å². The van der Waals surface area contributed by atoms with E-state index in [2.05, 4.69) is 10.1 Å². The fourth-order valence-corrected chi connectivity index (χ4v) is 1.19. The Labute approximate surface area is 93.4 Å². The van der Waals surface area contributed by atoms with Crippen molar-refractivity contribution in [3.63, 3.8) is 0 Å². The molecule has 0 spiro atoms. The van der Waals surface area contributed by atoms with Gasteiger partial charge in [-0.05, 0) is 13.1 Å². The molecule has 0 fully saturated rings. The molecule has 0 bridgehead atoms. The lowest BCUT2D eigenvalue weighted by atomic mass is 10.2. The quantitative estimate of drug-likeness (QED) is 0.756. The van der Waals surface area contributed by atoms with Crippen LogP contribution in [-0.4, -0.2) is 27.3 Å². The minimum atomic E-state index is -0.587. The molecule has 0 aliphatic heterocycles. The van der Waals surface area contributed by atoms with Crippen molar-refractivity contribution < 1.29 is 18.3 Å². The second-order valence-electron chi connectivity index (χ2n) is 3.23. The maximum absolute atomic E-state index is 13.4. The van der Waals surface area contributed by atoms with E-state index in [9.17, 15) is 8.78 Å². The van der Waals surface area contributed by atoms with Gasteiger partial charge in [0.05, 0.1) is 20.3 Å². The summed E-state index contributed by atoms with van der Waals surface area (Å²) in [6.45, 7) is 1.16. The third kappa shape index (κ3) is 3.43. The molecule has 0 saturated heterocycles. The van der Waals surface area contributed by atoms with E-state index in [1.54, 1.807) is 7.05 Å². The summed E-state index contributed by atoms with van der Waals surface area (Å²) in [6.07, 6.45) is 0. The van der Waals surface area contributed by atoms with Crippen LogP contribution in [-0.2, 0) is 11.3 Å². The van der Waals surface area contributed by atoms with Gasteiger partial charge in [-0.15, -0.1) is 0 Å². The van der Waals surface area contributed by atoms with E-state index in [-0.39, 0.29) is 17.9 Å². The molecule has 0 radical (unpaired) electrons. The van der Waals surface area contributed by atoms with Crippen LogP contribution in [0, 0.1) is 11.6 Å². The number of methoxy groups -OCH3 is 1. The van der Waals surface area contributed by atoms with Crippen molar-refractivity contribution in [2.24, 2.45) is 0 Å². The zero-order chi connectivity index (χ0) is 12.0. The van der Waals surface area contributed by atoms with Crippen LogP contribution in [0.2, 0.25) is 0 Å². The summed E-state index contributed by atoms with van der Waals surface area (Å²) in [7, 11) is 3.08. The summed E-state index contributed by atoms with van der Waals surface area (Å²) < 4.78 is 36.4. The van der Waals surface area contributed by atoms with Gasteiger partial charge >= 0.3 is 0 Å². The standard InChI is InChI=1S/C11H15F2NO2/c1-14-3-4-16-7-8-5-10(13)11(15-2)6-9(8)12/h5-6,14H,3-4,7H2,1-2H3. The number of hydrogen-bond acceptors (Lipinski definition) is 3. The molecular weight excluding hydrogens is 216 g/mol. The molecule has 3 nitrogen and oxygen atoms in total. The summed E-state index contributed by atoms with van der Waals surface area (Å²) in [4.78, 5) is 0. The highest BCUT2D eigenvalue weighted by molar-refractivity contribution is 5.30. The summed E-state index contributed by atoms with van der Waals surface area (Å²) in [6, 6.07) is 2.11. The molecule has 1 aromatic rings. The fourth-order valence-electron chi connectivity index (χ4n) is 1.19. The minimum Gasteiger partial charge on any atom is -0.494 e. The number of nitrogens with one attached hydrogen (secondary N) is 1. The summed E-state index contributed by atoms with van der Waals surface area (Å²) in [5, 5.41) is 2.89. The van der Waals surface area contributed by atoms with Crippen molar-refractivity contribution in [2.75, 3.05) is 27.3 Å². The predicted molar refractivity (Wildman–Crippen MR) is 56.5 cm³/mol. The highest BCUT2D eigenvalue weighted by Crippen LogP contribution is 2.21. The van der Waals surface area contributed by atoms with Crippen LogP contribution in [0.3, 0.4) is 0 Å². The van der Waals surface area contributed by atoms with Gasteiger partial charge in [0.2, 0.25) is 0 Å². The Bertz CT molecular complexity index is 345. The van der Waals surface area contributed by atoms with E-state index in [1.165, 1.54) is 7.11 Å². The van der Waals surface area contributed by atoms with Gasteiger partial charge < -0.3 is 14.8 Å². The SMILES string of the molecule is CNCCOCc1cc(F)c(OC)cc1F. The first-order valence-corrected chi connectivity index (χ1v) is 4.93. The molecule has 0 atom stereocenters. The highest BCUT2D eigenvalue weighted by atomic mass is 19.1. The van der Waals surface area contributed by atoms with Gasteiger partial charge in [-0.25, -0.2) is 8.78 Å². The molecule has 16 heavy (non-hydrogen) atoms. The van der Waals surface area contributed by atoms with Crippen molar-refractivity contribution in [1.82, 2.24) is 5.32 Å². The maximum Gasteiger partial charge on any atom is 0.165 e. The number of rotatable bonds is 6. The van der Waals surface area contributed by atoms with Crippen LogP contribution in [0.5, 0.6) is 5.75 Å². The Hall–Kier alpha value is -1.20. The Balaban J connectivity index is 2.63. The lowest BCUT2D eigenvalue weighted by Crippen LogP contribution is -2.14. The molecular formula is C11H15F2NO2. The number of halogens is 2. The first-order chi connectivity index (χ1) is 7.69.